The zero-order valence-corrected chi connectivity index (χ0v) is 10.9. The second-order valence-corrected chi connectivity index (χ2v) is 6.13. The average molecular weight is 359 g/mol. The van der Waals surface area contributed by atoms with Crippen LogP contribution in [0, 0.1) is 4.78 Å². The number of hydrogen-bond donors (Lipinski definition) is 1. The predicted octanol–water partition coefficient (Wildman–Crippen LogP) is 4.52. The van der Waals surface area contributed by atoms with Crippen molar-refractivity contribution in [3.8, 4) is 0 Å². The van der Waals surface area contributed by atoms with Crippen LogP contribution in [-0.4, -0.2) is 27.5 Å². The molecule has 1 N–H and O–H groups in total. The molecule has 1 aromatic rings. The third-order valence-electron chi connectivity index (χ3n) is 2.55. The first-order chi connectivity index (χ1) is 9.61. The van der Waals surface area contributed by atoms with E-state index in [1.807, 2.05) is 0 Å². The van der Waals surface area contributed by atoms with Crippen LogP contribution in [0.5, 0.6) is 0 Å². The fraction of sp³-hybridized carbons (Fsp3) is 0.400. The van der Waals surface area contributed by atoms with Crippen molar-refractivity contribution in [2.24, 2.45) is 0 Å². The minimum absolute atomic E-state index is 0.477. The summed E-state index contributed by atoms with van der Waals surface area (Å²) in [5, 5.41) is -6.47. The van der Waals surface area contributed by atoms with Crippen LogP contribution in [0.3, 0.4) is 0 Å². The standard InChI is InChI=1S/C10H6F9NOS/c11-7(12,9(15,16)17)8(13,14)10(18,19)22(20,21)6-4-2-1-3-5-6/h1-5,20H. The molecule has 0 amide bonds. The van der Waals surface area contributed by atoms with Crippen LogP contribution < -0.4 is 0 Å². The van der Waals surface area contributed by atoms with Crippen LogP contribution in [0.25, 0.3) is 0 Å². The maximum absolute atomic E-state index is 13.5. The molecule has 1 rings (SSSR count). The maximum atomic E-state index is 13.5. The van der Waals surface area contributed by atoms with E-state index in [0.29, 0.717) is 12.1 Å². The van der Waals surface area contributed by atoms with Crippen molar-refractivity contribution in [2.45, 2.75) is 28.2 Å². The lowest BCUT2D eigenvalue weighted by Crippen LogP contribution is -2.63. The topological polar surface area (TPSA) is 40.9 Å². The summed E-state index contributed by atoms with van der Waals surface area (Å²) >= 11 is 0. The number of alkyl halides is 9. The highest BCUT2D eigenvalue weighted by Gasteiger charge is 2.84. The number of benzene rings is 1. The molecule has 12 heteroatoms. The van der Waals surface area contributed by atoms with E-state index in [-0.39, 0.29) is 0 Å². The minimum atomic E-state index is -7.18. The largest absolute Gasteiger partial charge is 0.460 e. The maximum Gasteiger partial charge on any atom is 0.460 e. The summed E-state index contributed by atoms with van der Waals surface area (Å²) in [5.74, 6) is -14.3. The monoisotopic (exact) mass is 359 g/mol. The number of nitrogens with one attached hydrogen (secondary N) is 1. The van der Waals surface area contributed by atoms with E-state index >= 15 is 0 Å². The Kier molecular flexibility index (Phi) is 4.25. The molecule has 0 aromatic heterocycles. The van der Waals surface area contributed by atoms with Gasteiger partial charge < -0.3 is 0 Å². The summed E-state index contributed by atoms with van der Waals surface area (Å²) in [6, 6.07) is 3.84. The number of hydrogen-bond acceptors (Lipinski definition) is 2. The first kappa shape index (κ1) is 18.6. The summed E-state index contributed by atoms with van der Waals surface area (Å²) in [6.45, 7) is 0. The average Bonchev–Trinajstić information content (AvgIpc) is 2.37. The summed E-state index contributed by atoms with van der Waals surface area (Å²) < 4.78 is 133. The normalized spacial score (nSPS) is 17.1. The summed E-state index contributed by atoms with van der Waals surface area (Å²) in [4.78, 5) is -1.31. The van der Waals surface area contributed by atoms with E-state index in [0.717, 1.165) is 18.2 Å². The predicted molar refractivity (Wildman–Crippen MR) is 56.5 cm³/mol. The Morgan fingerprint density at radius 3 is 1.55 bits per heavy atom. The molecule has 0 radical (unpaired) electrons. The highest BCUT2D eigenvalue weighted by molar-refractivity contribution is 7.93. The lowest BCUT2D eigenvalue weighted by atomic mass is 10.1. The Hall–Kier alpha value is -1.46. The first-order valence-electron chi connectivity index (χ1n) is 5.14. The molecule has 0 aliphatic rings. The molecule has 1 unspecified atom stereocenters. The van der Waals surface area contributed by atoms with Gasteiger partial charge in [-0.05, 0) is 12.1 Å². The second-order valence-electron chi connectivity index (χ2n) is 4.03. The highest BCUT2D eigenvalue weighted by Crippen LogP contribution is 2.55. The van der Waals surface area contributed by atoms with Crippen LogP contribution in [0.1, 0.15) is 0 Å². The third-order valence-corrected chi connectivity index (χ3v) is 4.47. The molecule has 0 saturated heterocycles. The van der Waals surface area contributed by atoms with Gasteiger partial charge in [-0.2, -0.15) is 39.5 Å². The zero-order chi connectivity index (χ0) is 17.6. The van der Waals surface area contributed by atoms with Crippen molar-refractivity contribution < 1.29 is 43.7 Å². The van der Waals surface area contributed by atoms with Crippen LogP contribution in [0.2, 0.25) is 0 Å². The fourth-order valence-electron chi connectivity index (χ4n) is 1.30. The Balaban J connectivity index is 3.52. The van der Waals surface area contributed by atoms with Crippen molar-refractivity contribution in [1.29, 1.82) is 4.78 Å². The molecule has 0 heterocycles. The molecule has 22 heavy (non-hydrogen) atoms. The van der Waals surface area contributed by atoms with Crippen molar-refractivity contribution in [3.63, 3.8) is 0 Å². The SMILES string of the molecule is N=S(=O)(c1ccccc1)C(F)(F)C(F)(F)C(F)(F)C(F)(F)F. The van der Waals surface area contributed by atoms with Gasteiger partial charge in [-0.25, -0.2) is 8.99 Å². The van der Waals surface area contributed by atoms with Crippen LogP contribution in [0.15, 0.2) is 35.2 Å². The van der Waals surface area contributed by atoms with Gasteiger partial charge in [0.15, 0.2) is 0 Å². The number of rotatable bonds is 4. The molecule has 0 bridgehead atoms. The Morgan fingerprint density at radius 2 is 1.18 bits per heavy atom. The molecular weight excluding hydrogens is 353 g/mol. The van der Waals surface area contributed by atoms with Gasteiger partial charge in [0.2, 0.25) is 0 Å². The lowest BCUT2D eigenvalue weighted by Gasteiger charge is -2.34. The van der Waals surface area contributed by atoms with Crippen LogP contribution >= 0.6 is 0 Å². The van der Waals surface area contributed by atoms with E-state index in [1.54, 1.807) is 0 Å². The van der Waals surface area contributed by atoms with Gasteiger partial charge in [-0.1, -0.05) is 18.2 Å². The van der Waals surface area contributed by atoms with E-state index in [2.05, 4.69) is 0 Å². The zero-order valence-electron chi connectivity index (χ0n) is 10.1. The van der Waals surface area contributed by atoms with Gasteiger partial charge >= 0.3 is 23.3 Å². The molecule has 126 valence electrons. The van der Waals surface area contributed by atoms with E-state index in [9.17, 15) is 43.7 Å². The fourth-order valence-corrected chi connectivity index (χ4v) is 2.63. The third kappa shape index (κ3) is 2.42. The molecule has 0 aliphatic heterocycles. The minimum Gasteiger partial charge on any atom is -0.244 e. The quantitative estimate of drug-likeness (QED) is 0.789. The Labute approximate surface area is 117 Å². The van der Waals surface area contributed by atoms with Crippen LogP contribution in [0.4, 0.5) is 39.5 Å². The van der Waals surface area contributed by atoms with E-state index in [4.69, 9.17) is 4.78 Å². The van der Waals surface area contributed by atoms with Gasteiger partial charge in [0.05, 0.1) is 4.90 Å². The van der Waals surface area contributed by atoms with Gasteiger partial charge in [-0.15, -0.1) is 0 Å². The van der Waals surface area contributed by atoms with Gasteiger partial charge in [0.1, 0.15) is 9.73 Å². The molecule has 0 aliphatic carbocycles. The molecule has 2 nitrogen and oxygen atoms in total. The molecule has 0 spiro atoms. The molecule has 0 saturated carbocycles. The summed E-state index contributed by atoms with van der Waals surface area (Å²) in [6.07, 6.45) is -7.02. The van der Waals surface area contributed by atoms with Crippen molar-refractivity contribution in [2.75, 3.05) is 0 Å². The van der Waals surface area contributed by atoms with E-state index < -0.39 is 37.9 Å². The molecule has 1 atom stereocenters. The van der Waals surface area contributed by atoms with Crippen molar-refractivity contribution >= 4 is 9.73 Å². The van der Waals surface area contributed by atoms with Gasteiger partial charge in [-0.3, -0.25) is 0 Å². The molecule has 1 aromatic carbocycles. The van der Waals surface area contributed by atoms with E-state index in [1.165, 1.54) is 0 Å². The smallest absolute Gasteiger partial charge is 0.244 e. The summed E-state index contributed by atoms with van der Waals surface area (Å²) in [7, 11) is -6.00. The number of halogens is 9. The molecule has 0 fully saturated rings. The highest BCUT2D eigenvalue weighted by atomic mass is 32.2. The van der Waals surface area contributed by atoms with Crippen molar-refractivity contribution in [3.05, 3.63) is 30.3 Å². The second kappa shape index (κ2) is 5.03. The van der Waals surface area contributed by atoms with Gasteiger partial charge in [0, 0.05) is 0 Å². The Morgan fingerprint density at radius 1 is 0.773 bits per heavy atom. The van der Waals surface area contributed by atoms with Gasteiger partial charge in [0.25, 0.3) is 0 Å². The lowest BCUT2D eigenvalue weighted by molar-refractivity contribution is -0.382. The van der Waals surface area contributed by atoms with Crippen molar-refractivity contribution in [1.82, 2.24) is 0 Å². The first-order valence-corrected chi connectivity index (χ1v) is 6.70. The van der Waals surface area contributed by atoms with Crippen LogP contribution in [-0.2, 0) is 9.73 Å². The Bertz CT molecular complexity index is 636. The summed E-state index contributed by atoms with van der Waals surface area (Å²) in [5.41, 5.74) is 0. The molecular formula is C10H6F9NOS.